The first-order valence-corrected chi connectivity index (χ1v) is 9.63. The van der Waals surface area contributed by atoms with E-state index in [0.29, 0.717) is 12.2 Å². The van der Waals surface area contributed by atoms with Gasteiger partial charge in [-0.1, -0.05) is 18.6 Å². The van der Waals surface area contributed by atoms with Crippen molar-refractivity contribution in [2.75, 3.05) is 26.7 Å². The average Bonchev–Trinajstić information content (AvgIpc) is 3.10. The molecule has 1 unspecified atom stereocenters. The number of rotatable bonds is 6. The zero-order valence-electron chi connectivity index (χ0n) is 14.8. The van der Waals surface area contributed by atoms with Crippen molar-refractivity contribution in [1.82, 2.24) is 15.2 Å². The molecule has 5 nitrogen and oxygen atoms in total. The molecule has 0 radical (unpaired) electrons. The van der Waals surface area contributed by atoms with Crippen LogP contribution >= 0.6 is 11.3 Å². The Hall–Kier alpha value is -1.92. The minimum atomic E-state index is -0.0973. The molecule has 1 fully saturated rings. The van der Waals surface area contributed by atoms with E-state index in [1.165, 1.54) is 36.2 Å². The molecule has 0 saturated carbocycles. The highest BCUT2D eigenvalue weighted by Crippen LogP contribution is 2.26. The van der Waals surface area contributed by atoms with E-state index in [0.717, 1.165) is 23.8 Å². The number of piperidine rings is 1. The van der Waals surface area contributed by atoms with Gasteiger partial charge in [0.25, 0.3) is 5.91 Å². The fraction of sp³-hybridized carbons (Fsp3) is 0.474. The molecular weight excluding hydrogens is 334 g/mol. The van der Waals surface area contributed by atoms with Crippen molar-refractivity contribution in [3.05, 3.63) is 45.9 Å². The van der Waals surface area contributed by atoms with Gasteiger partial charge in [-0.15, -0.1) is 11.3 Å². The number of aryl methyl sites for hydroxylation is 1. The minimum Gasteiger partial charge on any atom is -0.497 e. The number of aromatic nitrogens is 1. The number of carbonyl (C=O) groups is 1. The smallest absolute Gasteiger partial charge is 0.270 e. The van der Waals surface area contributed by atoms with Crippen LogP contribution in [0.4, 0.5) is 0 Å². The Morgan fingerprint density at radius 1 is 1.28 bits per heavy atom. The van der Waals surface area contributed by atoms with Gasteiger partial charge >= 0.3 is 0 Å². The molecular formula is C19H25N3O2S. The van der Waals surface area contributed by atoms with E-state index in [1.807, 2.05) is 24.4 Å². The number of nitrogens with zero attached hydrogens (tertiary/aromatic N) is 2. The van der Waals surface area contributed by atoms with Crippen LogP contribution in [0.3, 0.4) is 0 Å². The number of likely N-dealkylation sites (tertiary alicyclic amines) is 1. The first-order valence-electron chi connectivity index (χ1n) is 8.75. The Kier molecular flexibility index (Phi) is 6.04. The van der Waals surface area contributed by atoms with Crippen LogP contribution in [0, 0.1) is 6.92 Å². The van der Waals surface area contributed by atoms with E-state index in [9.17, 15) is 4.79 Å². The van der Waals surface area contributed by atoms with Gasteiger partial charge in [-0.05, 0) is 50.6 Å². The predicted molar refractivity (Wildman–Crippen MR) is 100 cm³/mol. The third kappa shape index (κ3) is 4.58. The van der Waals surface area contributed by atoms with Crippen LogP contribution in [-0.2, 0) is 0 Å². The summed E-state index contributed by atoms with van der Waals surface area (Å²) >= 11 is 1.50. The van der Waals surface area contributed by atoms with Crippen molar-refractivity contribution in [1.29, 1.82) is 0 Å². The molecule has 1 aromatic heterocycles. The molecule has 1 atom stereocenters. The van der Waals surface area contributed by atoms with Crippen LogP contribution in [0.25, 0.3) is 0 Å². The van der Waals surface area contributed by atoms with Crippen LogP contribution in [0.2, 0.25) is 0 Å². The van der Waals surface area contributed by atoms with E-state index in [-0.39, 0.29) is 11.9 Å². The summed E-state index contributed by atoms with van der Waals surface area (Å²) in [6.07, 6.45) is 3.72. The lowest BCUT2D eigenvalue weighted by molar-refractivity contribution is 0.0920. The molecule has 25 heavy (non-hydrogen) atoms. The normalized spacial score (nSPS) is 16.4. The lowest BCUT2D eigenvalue weighted by atomic mass is 10.0. The quantitative estimate of drug-likeness (QED) is 0.859. The number of nitrogens with one attached hydrogen (secondary N) is 1. The molecule has 1 aliphatic rings. The van der Waals surface area contributed by atoms with Crippen molar-refractivity contribution in [2.24, 2.45) is 0 Å². The molecule has 1 N–H and O–H groups in total. The van der Waals surface area contributed by atoms with Crippen LogP contribution < -0.4 is 10.1 Å². The highest BCUT2D eigenvalue weighted by atomic mass is 32.1. The molecule has 0 spiro atoms. The third-order valence-electron chi connectivity index (χ3n) is 4.64. The van der Waals surface area contributed by atoms with Gasteiger partial charge in [-0.3, -0.25) is 9.69 Å². The maximum atomic E-state index is 12.4. The molecule has 0 bridgehead atoms. The summed E-state index contributed by atoms with van der Waals surface area (Å²) in [5.41, 5.74) is 1.71. The van der Waals surface area contributed by atoms with Crippen molar-refractivity contribution in [2.45, 2.75) is 32.2 Å². The van der Waals surface area contributed by atoms with Gasteiger partial charge in [0.05, 0.1) is 18.2 Å². The van der Waals surface area contributed by atoms with E-state index in [1.54, 1.807) is 7.11 Å². The maximum absolute atomic E-state index is 12.4. The Balaban J connectivity index is 1.72. The average molecular weight is 359 g/mol. The second-order valence-corrected chi connectivity index (χ2v) is 7.41. The standard InChI is InChI=1S/C19H25N3O2S/c1-14-21-17(13-25-14)19(23)20-12-18(22-10-4-3-5-11-22)15-6-8-16(24-2)9-7-15/h6-9,13,18H,3-5,10-12H2,1-2H3,(H,20,23). The number of benzene rings is 1. The summed E-state index contributed by atoms with van der Waals surface area (Å²) in [6.45, 7) is 4.64. The number of methoxy groups -OCH3 is 1. The van der Waals surface area contributed by atoms with E-state index in [2.05, 4.69) is 27.3 Å². The Morgan fingerprint density at radius 3 is 2.60 bits per heavy atom. The monoisotopic (exact) mass is 359 g/mol. The molecule has 3 rings (SSSR count). The summed E-state index contributed by atoms with van der Waals surface area (Å²) in [7, 11) is 1.67. The van der Waals surface area contributed by atoms with E-state index < -0.39 is 0 Å². The molecule has 1 aromatic carbocycles. The van der Waals surface area contributed by atoms with Gasteiger partial charge in [-0.2, -0.15) is 0 Å². The first kappa shape index (κ1) is 17.9. The molecule has 6 heteroatoms. The molecule has 134 valence electrons. The second-order valence-electron chi connectivity index (χ2n) is 6.35. The minimum absolute atomic E-state index is 0.0973. The highest BCUT2D eigenvalue weighted by Gasteiger charge is 2.23. The largest absolute Gasteiger partial charge is 0.497 e. The molecule has 2 aromatic rings. The molecule has 1 saturated heterocycles. The number of hydrogen-bond acceptors (Lipinski definition) is 5. The number of ether oxygens (including phenoxy) is 1. The second kappa shape index (κ2) is 8.45. The summed E-state index contributed by atoms with van der Waals surface area (Å²) in [6, 6.07) is 8.33. The van der Waals surface area contributed by atoms with Crippen molar-refractivity contribution in [3.8, 4) is 5.75 Å². The van der Waals surface area contributed by atoms with Crippen molar-refractivity contribution < 1.29 is 9.53 Å². The SMILES string of the molecule is COc1ccc(C(CNC(=O)c2csc(C)n2)N2CCCCC2)cc1. The van der Waals surface area contributed by atoms with Crippen molar-refractivity contribution in [3.63, 3.8) is 0 Å². The molecule has 1 amide bonds. The zero-order valence-corrected chi connectivity index (χ0v) is 15.6. The van der Waals surface area contributed by atoms with E-state index in [4.69, 9.17) is 4.74 Å². The summed E-state index contributed by atoms with van der Waals surface area (Å²) < 4.78 is 5.26. The van der Waals surface area contributed by atoms with Gasteiger partial charge in [0.15, 0.2) is 0 Å². The van der Waals surface area contributed by atoms with Gasteiger partial charge < -0.3 is 10.1 Å². The third-order valence-corrected chi connectivity index (χ3v) is 5.41. The molecule has 2 heterocycles. The maximum Gasteiger partial charge on any atom is 0.270 e. The van der Waals surface area contributed by atoms with Crippen LogP contribution in [-0.4, -0.2) is 42.5 Å². The predicted octanol–water partition coefficient (Wildman–Crippen LogP) is 3.42. The summed E-state index contributed by atoms with van der Waals surface area (Å²) in [5.74, 6) is 0.753. The summed E-state index contributed by atoms with van der Waals surface area (Å²) in [4.78, 5) is 19.1. The Morgan fingerprint density at radius 2 is 2.00 bits per heavy atom. The van der Waals surface area contributed by atoms with Crippen LogP contribution in [0.1, 0.15) is 46.4 Å². The van der Waals surface area contributed by atoms with E-state index >= 15 is 0 Å². The van der Waals surface area contributed by atoms with Gasteiger partial charge in [0.1, 0.15) is 11.4 Å². The van der Waals surface area contributed by atoms with Crippen molar-refractivity contribution >= 4 is 17.2 Å². The zero-order chi connectivity index (χ0) is 17.6. The number of hydrogen-bond donors (Lipinski definition) is 1. The summed E-state index contributed by atoms with van der Waals surface area (Å²) in [5, 5.41) is 5.79. The lowest BCUT2D eigenvalue weighted by Crippen LogP contribution is -2.40. The molecule has 1 aliphatic heterocycles. The lowest BCUT2D eigenvalue weighted by Gasteiger charge is -2.35. The van der Waals surface area contributed by atoms with Gasteiger partial charge in [-0.25, -0.2) is 4.98 Å². The number of carbonyl (C=O) groups excluding carboxylic acids is 1. The van der Waals surface area contributed by atoms with Gasteiger partial charge in [0, 0.05) is 11.9 Å². The van der Waals surface area contributed by atoms with Crippen LogP contribution in [0.5, 0.6) is 5.75 Å². The van der Waals surface area contributed by atoms with Gasteiger partial charge in [0.2, 0.25) is 0 Å². The Labute approximate surface area is 153 Å². The number of thiazole rings is 1. The first-order chi connectivity index (χ1) is 12.2. The highest BCUT2D eigenvalue weighted by molar-refractivity contribution is 7.09. The number of amides is 1. The molecule has 0 aliphatic carbocycles. The fourth-order valence-corrected chi connectivity index (χ4v) is 3.85. The fourth-order valence-electron chi connectivity index (χ4n) is 3.26. The topological polar surface area (TPSA) is 54.5 Å². The Bertz CT molecular complexity index is 693. The van der Waals surface area contributed by atoms with Crippen LogP contribution in [0.15, 0.2) is 29.6 Å².